The van der Waals surface area contributed by atoms with E-state index in [1.807, 2.05) is 0 Å². The van der Waals surface area contributed by atoms with Crippen molar-refractivity contribution in [1.29, 1.82) is 0 Å². The zero-order valence-electron chi connectivity index (χ0n) is 18.3. The molecule has 1 heterocycles. The van der Waals surface area contributed by atoms with Gasteiger partial charge >= 0.3 is 11.7 Å². The molecule has 0 bridgehead atoms. The van der Waals surface area contributed by atoms with Crippen LogP contribution in [-0.2, 0) is 9.53 Å². The zero-order valence-corrected chi connectivity index (χ0v) is 18.3. The van der Waals surface area contributed by atoms with E-state index in [-0.39, 0.29) is 34.0 Å². The van der Waals surface area contributed by atoms with Crippen LogP contribution < -0.4 is 14.8 Å². The first-order valence-electron chi connectivity index (χ1n) is 10.3. The van der Waals surface area contributed by atoms with Gasteiger partial charge in [-0.2, -0.15) is 0 Å². The van der Waals surface area contributed by atoms with E-state index >= 15 is 0 Å². The highest BCUT2D eigenvalue weighted by molar-refractivity contribution is 6.25. The molecule has 3 aromatic carbocycles. The average Bonchev–Trinajstić information content (AvgIpc) is 3.20. The van der Waals surface area contributed by atoms with E-state index in [0.29, 0.717) is 11.3 Å². The number of hydrogen-bond acceptors (Lipinski definition) is 8. The van der Waals surface area contributed by atoms with E-state index in [1.165, 1.54) is 25.3 Å². The minimum Gasteiger partial charge on any atom is -0.490 e. The Bertz CT molecular complexity index is 1300. The van der Waals surface area contributed by atoms with E-state index in [4.69, 9.17) is 14.2 Å². The van der Waals surface area contributed by atoms with Gasteiger partial charge in [-0.05, 0) is 42.0 Å². The van der Waals surface area contributed by atoms with Crippen molar-refractivity contribution >= 4 is 23.0 Å². The number of hydrogen-bond donors (Lipinski definition) is 1. The predicted molar refractivity (Wildman–Crippen MR) is 122 cm³/mol. The number of carbonyl (C=O) groups excluding carboxylic acids is 2. The van der Waals surface area contributed by atoms with E-state index in [1.54, 1.807) is 61.6 Å². The number of rotatable bonds is 7. The second kappa shape index (κ2) is 9.45. The Kier molecular flexibility index (Phi) is 6.26. The number of nitrogens with one attached hydrogen (secondary N) is 1. The summed E-state index contributed by atoms with van der Waals surface area (Å²) in [6.45, 7) is 0. The minimum absolute atomic E-state index is 0.0176. The Morgan fingerprint density at radius 3 is 2.47 bits per heavy atom. The Balaban J connectivity index is 1.68. The quantitative estimate of drug-likeness (QED) is 0.243. The minimum atomic E-state index is -1.26. The Morgan fingerprint density at radius 1 is 1.06 bits per heavy atom. The van der Waals surface area contributed by atoms with Gasteiger partial charge in [0, 0.05) is 7.05 Å². The van der Waals surface area contributed by atoms with Crippen molar-refractivity contribution in [2.45, 2.75) is 6.10 Å². The molecule has 0 amide bonds. The average molecular weight is 460 g/mol. The molecule has 34 heavy (non-hydrogen) atoms. The van der Waals surface area contributed by atoms with Gasteiger partial charge in [0.2, 0.25) is 5.78 Å². The lowest BCUT2D eigenvalue weighted by Gasteiger charge is -2.13. The molecule has 4 rings (SSSR count). The fraction of sp³-hybridized carbons (Fsp3) is 0.120. The maximum absolute atomic E-state index is 13.4. The first-order chi connectivity index (χ1) is 16.4. The molecule has 0 radical (unpaired) electrons. The molecule has 1 atom stereocenters. The number of esters is 1. The molecule has 1 aliphatic heterocycles. The number of benzene rings is 3. The smallest absolute Gasteiger partial charge is 0.343 e. The van der Waals surface area contributed by atoms with Gasteiger partial charge in [0.15, 0.2) is 17.7 Å². The second-order valence-corrected chi connectivity index (χ2v) is 7.25. The van der Waals surface area contributed by atoms with E-state index in [0.717, 1.165) is 0 Å². The van der Waals surface area contributed by atoms with Crippen LogP contribution in [0.25, 0.3) is 5.57 Å². The molecule has 3 aromatic rings. The van der Waals surface area contributed by atoms with Crippen molar-refractivity contribution in [3.8, 4) is 11.5 Å². The molecular formula is C25H20N2O7. The number of carbonyl (C=O) groups is 2. The third-order valence-electron chi connectivity index (χ3n) is 5.23. The summed E-state index contributed by atoms with van der Waals surface area (Å²) in [4.78, 5) is 37.2. The molecule has 0 aliphatic carbocycles. The highest BCUT2D eigenvalue weighted by Crippen LogP contribution is 2.43. The standard InChI is InChI=1S/C25H20N2O7/c1-26-24-20(15-8-6-9-16(14-15)25(29)33-17-10-4-3-5-11-17)22(28)23(34-24)18-12-7-13-19(32-2)21(18)27(30)31/h3-14,23,26H,1-2H3. The van der Waals surface area contributed by atoms with Crippen LogP contribution >= 0.6 is 0 Å². The summed E-state index contributed by atoms with van der Waals surface area (Å²) in [7, 11) is 2.88. The van der Waals surface area contributed by atoms with E-state index in [2.05, 4.69) is 5.32 Å². The molecule has 0 aromatic heterocycles. The number of ketones is 1. The summed E-state index contributed by atoms with van der Waals surface area (Å²) >= 11 is 0. The number of nitro groups is 1. The van der Waals surface area contributed by atoms with Crippen LogP contribution in [0.2, 0.25) is 0 Å². The third-order valence-corrected chi connectivity index (χ3v) is 5.23. The van der Waals surface area contributed by atoms with Crippen molar-refractivity contribution < 1.29 is 28.7 Å². The van der Waals surface area contributed by atoms with Crippen LogP contribution in [0.1, 0.15) is 27.6 Å². The van der Waals surface area contributed by atoms with Crippen LogP contribution in [0, 0.1) is 10.1 Å². The Hall–Kier alpha value is -4.66. The maximum atomic E-state index is 13.4. The number of ether oxygens (including phenoxy) is 3. The fourth-order valence-corrected chi connectivity index (χ4v) is 3.70. The third kappa shape index (κ3) is 4.18. The van der Waals surface area contributed by atoms with Gasteiger partial charge in [0.1, 0.15) is 5.75 Å². The maximum Gasteiger partial charge on any atom is 0.343 e. The molecule has 1 unspecified atom stereocenters. The first kappa shape index (κ1) is 22.5. The van der Waals surface area contributed by atoms with Crippen LogP contribution in [0.5, 0.6) is 11.5 Å². The lowest BCUT2D eigenvalue weighted by Crippen LogP contribution is -2.13. The van der Waals surface area contributed by atoms with Crippen LogP contribution in [0.3, 0.4) is 0 Å². The molecule has 0 fully saturated rings. The van der Waals surface area contributed by atoms with Crippen LogP contribution in [0.4, 0.5) is 5.69 Å². The molecule has 1 N–H and O–H groups in total. The monoisotopic (exact) mass is 460 g/mol. The summed E-state index contributed by atoms with van der Waals surface area (Å²) in [5.41, 5.74) is 0.522. The van der Waals surface area contributed by atoms with Crippen molar-refractivity contribution in [3.63, 3.8) is 0 Å². The number of methoxy groups -OCH3 is 1. The van der Waals surface area contributed by atoms with Crippen LogP contribution in [0.15, 0.2) is 78.7 Å². The molecule has 1 aliphatic rings. The summed E-state index contributed by atoms with van der Waals surface area (Å²) < 4.78 is 16.3. The number of nitrogens with zero attached hydrogens (tertiary/aromatic N) is 1. The van der Waals surface area contributed by atoms with Gasteiger partial charge < -0.3 is 19.5 Å². The first-order valence-corrected chi connectivity index (χ1v) is 10.3. The van der Waals surface area contributed by atoms with Gasteiger partial charge in [-0.1, -0.05) is 36.4 Å². The van der Waals surface area contributed by atoms with Crippen molar-refractivity contribution in [1.82, 2.24) is 5.32 Å². The molecule has 0 spiro atoms. The summed E-state index contributed by atoms with van der Waals surface area (Å²) in [6, 6.07) is 19.4. The van der Waals surface area contributed by atoms with Gasteiger partial charge in [0.05, 0.1) is 28.7 Å². The molecular weight excluding hydrogens is 440 g/mol. The molecule has 9 heteroatoms. The normalized spacial score (nSPS) is 15.0. The van der Waals surface area contributed by atoms with Crippen molar-refractivity contribution in [3.05, 3.63) is 105 Å². The Labute approximate surface area is 194 Å². The van der Waals surface area contributed by atoms with Crippen LogP contribution in [-0.4, -0.2) is 30.8 Å². The molecule has 0 saturated carbocycles. The van der Waals surface area contributed by atoms with Gasteiger partial charge in [0.25, 0.3) is 0 Å². The molecule has 9 nitrogen and oxygen atoms in total. The number of nitro benzene ring substituents is 1. The van der Waals surface area contributed by atoms with E-state index in [9.17, 15) is 19.7 Å². The summed E-state index contributed by atoms with van der Waals surface area (Å²) in [5.74, 6) is -0.538. The number of Topliss-reactive ketones (excluding diaryl/α,β-unsaturated/α-hetero) is 1. The molecule has 0 saturated heterocycles. The summed E-state index contributed by atoms with van der Waals surface area (Å²) in [6.07, 6.45) is -1.26. The molecule has 172 valence electrons. The number of para-hydroxylation sites is 2. The second-order valence-electron chi connectivity index (χ2n) is 7.25. The largest absolute Gasteiger partial charge is 0.490 e. The van der Waals surface area contributed by atoms with Crippen molar-refractivity contribution in [2.75, 3.05) is 14.2 Å². The topological polar surface area (TPSA) is 117 Å². The lowest BCUT2D eigenvalue weighted by atomic mass is 9.95. The van der Waals surface area contributed by atoms with Crippen molar-refractivity contribution in [2.24, 2.45) is 0 Å². The highest BCUT2D eigenvalue weighted by atomic mass is 16.6. The van der Waals surface area contributed by atoms with E-state index < -0.39 is 22.8 Å². The SMILES string of the molecule is CNC1=C(c2cccc(C(=O)Oc3ccccc3)c2)C(=O)C(c2cccc(OC)c2[N+](=O)[O-])O1. The Morgan fingerprint density at radius 2 is 1.79 bits per heavy atom. The van der Waals surface area contributed by atoms with Gasteiger partial charge in [-0.3, -0.25) is 14.9 Å². The lowest BCUT2D eigenvalue weighted by molar-refractivity contribution is -0.386. The summed E-state index contributed by atoms with van der Waals surface area (Å²) in [5, 5.41) is 14.5. The predicted octanol–water partition coefficient (Wildman–Crippen LogP) is 4.05. The zero-order chi connectivity index (χ0) is 24.2. The van der Waals surface area contributed by atoms with Gasteiger partial charge in [-0.15, -0.1) is 0 Å². The fourth-order valence-electron chi connectivity index (χ4n) is 3.70. The highest BCUT2D eigenvalue weighted by Gasteiger charge is 2.41. The van der Waals surface area contributed by atoms with Gasteiger partial charge in [-0.25, -0.2) is 4.79 Å².